The van der Waals surface area contributed by atoms with Crippen LogP contribution in [0.1, 0.15) is 22.9 Å². The van der Waals surface area contributed by atoms with Crippen LogP contribution in [-0.2, 0) is 11.2 Å². The summed E-state index contributed by atoms with van der Waals surface area (Å²) < 4.78 is 27.4. The van der Waals surface area contributed by atoms with E-state index in [0.29, 0.717) is 41.1 Å². The Balaban J connectivity index is 1.52. The molecule has 9 nitrogen and oxygen atoms in total. The number of para-hydroxylation sites is 1. The summed E-state index contributed by atoms with van der Waals surface area (Å²) >= 11 is 0. The van der Waals surface area contributed by atoms with Gasteiger partial charge >= 0.3 is 0 Å². The Morgan fingerprint density at radius 1 is 0.846 bits per heavy atom. The Labute approximate surface area is 227 Å². The first-order chi connectivity index (χ1) is 19.0. The van der Waals surface area contributed by atoms with Crippen molar-refractivity contribution in [1.82, 2.24) is 4.90 Å². The van der Waals surface area contributed by atoms with E-state index >= 15 is 0 Å². The molecule has 3 aromatic carbocycles. The molecule has 5 rings (SSSR count). The predicted molar refractivity (Wildman–Crippen MR) is 149 cm³/mol. The zero-order chi connectivity index (χ0) is 27.5. The lowest BCUT2D eigenvalue weighted by Crippen LogP contribution is -2.42. The lowest BCUT2D eigenvalue weighted by molar-refractivity contribution is -0.109. The molecule has 0 amide bonds. The highest BCUT2D eigenvalue weighted by molar-refractivity contribution is 6.44. The van der Waals surface area contributed by atoms with E-state index in [2.05, 4.69) is 0 Å². The van der Waals surface area contributed by atoms with E-state index in [1.54, 1.807) is 53.8 Å². The van der Waals surface area contributed by atoms with Gasteiger partial charge in [0.1, 0.15) is 0 Å². The Hall–Kier alpha value is -4.66. The van der Waals surface area contributed by atoms with Crippen molar-refractivity contribution >= 4 is 23.4 Å². The molecular formula is C30H31N3O6. The molecule has 1 atom stereocenters. The largest absolute Gasteiger partial charge is 0.493 e. The highest BCUT2D eigenvalue weighted by Crippen LogP contribution is 2.44. The van der Waals surface area contributed by atoms with Crippen molar-refractivity contribution in [2.75, 3.05) is 47.1 Å². The van der Waals surface area contributed by atoms with Gasteiger partial charge in [-0.1, -0.05) is 24.3 Å². The second-order valence-electron chi connectivity index (χ2n) is 8.98. The third-order valence-electron chi connectivity index (χ3n) is 6.90. The molecule has 2 heterocycles. The number of hydrogen-bond donors (Lipinski definition) is 0. The van der Waals surface area contributed by atoms with E-state index in [1.165, 1.54) is 6.08 Å². The number of ketones is 1. The molecule has 3 aromatic rings. The van der Waals surface area contributed by atoms with Gasteiger partial charge in [-0.15, -0.1) is 5.10 Å². The number of nitrogens with zero attached hydrogens (tertiary/aromatic N) is 3. The van der Waals surface area contributed by atoms with Gasteiger partial charge in [0.05, 0.1) is 41.2 Å². The minimum atomic E-state index is -0.301. The van der Waals surface area contributed by atoms with Crippen LogP contribution in [0.5, 0.6) is 28.7 Å². The maximum absolute atomic E-state index is 13.6. The Morgan fingerprint density at radius 3 is 2.10 bits per heavy atom. The van der Waals surface area contributed by atoms with Crippen LogP contribution >= 0.6 is 0 Å². The van der Waals surface area contributed by atoms with Crippen molar-refractivity contribution in [2.24, 2.45) is 5.10 Å². The number of carbonyl (C=O) groups is 1. The average molecular weight is 530 g/mol. The van der Waals surface area contributed by atoms with Gasteiger partial charge in [0.15, 0.2) is 35.0 Å². The van der Waals surface area contributed by atoms with Crippen molar-refractivity contribution in [1.29, 1.82) is 0 Å². The molecule has 0 saturated heterocycles. The summed E-state index contributed by atoms with van der Waals surface area (Å²) in [7, 11) is 7.91. The molecule has 0 radical (unpaired) electrons. The number of fused-ring (bicyclic) bond motifs is 3. The topological polar surface area (TPSA) is 82.1 Å². The van der Waals surface area contributed by atoms with Crippen LogP contribution in [0.2, 0.25) is 0 Å². The van der Waals surface area contributed by atoms with Crippen LogP contribution in [0.4, 0.5) is 5.69 Å². The van der Waals surface area contributed by atoms with Gasteiger partial charge < -0.3 is 28.6 Å². The molecule has 0 fully saturated rings. The van der Waals surface area contributed by atoms with Crippen LogP contribution in [0.15, 0.2) is 65.8 Å². The van der Waals surface area contributed by atoms with Gasteiger partial charge in [-0.05, 0) is 60.0 Å². The SMILES string of the molecule is COc1cc2c(cc1OC)C1N(CC2)C(C(=O)/C=C/c2cc(OC)c(OC)c(OC)c2)=NN1c1ccccc1. The first-order valence-corrected chi connectivity index (χ1v) is 12.5. The van der Waals surface area contributed by atoms with E-state index < -0.39 is 0 Å². The standard InChI is InChI=1S/C30H31N3O6/c1-35-24-17-20-13-14-32-29(23(34)12-11-19-15-26(37-3)28(39-5)27(16-19)38-4)31-33(21-9-7-6-8-10-21)30(32)22(20)18-25(24)36-2/h6-12,15-18,30H,13-14H2,1-5H3/b12-11+. The number of carbonyl (C=O) groups excluding carboxylic acids is 1. The van der Waals surface area contributed by atoms with Crippen molar-refractivity contribution in [2.45, 2.75) is 12.6 Å². The number of ether oxygens (including phenoxy) is 5. The third kappa shape index (κ3) is 4.71. The lowest BCUT2D eigenvalue weighted by atomic mass is 9.95. The second kappa shape index (κ2) is 11.0. The maximum Gasteiger partial charge on any atom is 0.222 e. The molecule has 0 aromatic heterocycles. The summed E-state index contributed by atoms with van der Waals surface area (Å²) in [5.74, 6) is 2.98. The van der Waals surface area contributed by atoms with E-state index in [4.69, 9.17) is 28.8 Å². The molecule has 9 heteroatoms. The fourth-order valence-electron chi connectivity index (χ4n) is 5.04. The first-order valence-electron chi connectivity index (χ1n) is 12.5. The van der Waals surface area contributed by atoms with E-state index in [0.717, 1.165) is 28.8 Å². The maximum atomic E-state index is 13.6. The van der Waals surface area contributed by atoms with Crippen molar-refractivity contribution in [3.63, 3.8) is 0 Å². The minimum Gasteiger partial charge on any atom is -0.493 e. The first kappa shape index (κ1) is 26.0. The molecule has 0 bridgehead atoms. The molecule has 2 aliphatic heterocycles. The number of hydrogen-bond acceptors (Lipinski definition) is 9. The smallest absolute Gasteiger partial charge is 0.222 e. The highest BCUT2D eigenvalue weighted by atomic mass is 16.5. The average Bonchev–Trinajstić information content (AvgIpc) is 3.39. The molecule has 0 aliphatic carbocycles. The van der Waals surface area contributed by atoms with Crippen molar-refractivity contribution in [3.05, 3.63) is 77.4 Å². The molecule has 0 saturated carbocycles. The molecule has 2 aliphatic rings. The van der Waals surface area contributed by atoms with Gasteiger partial charge in [-0.3, -0.25) is 4.79 Å². The summed E-state index contributed by atoms with van der Waals surface area (Å²) in [5, 5.41) is 6.73. The summed E-state index contributed by atoms with van der Waals surface area (Å²) in [6.07, 6.45) is 3.68. The minimum absolute atomic E-state index is 0.212. The van der Waals surface area contributed by atoms with Crippen LogP contribution in [0, 0.1) is 0 Å². The Bertz CT molecular complexity index is 1410. The van der Waals surface area contributed by atoms with E-state index in [1.807, 2.05) is 52.4 Å². The molecule has 0 spiro atoms. The molecule has 202 valence electrons. The van der Waals surface area contributed by atoms with Crippen LogP contribution in [0.3, 0.4) is 0 Å². The fourth-order valence-corrected chi connectivity index (χ4v) is 5.04. The fraction of sp³-hybridized carbons (Fsp3) is 0.267. The second-order valence-corrected chi connectivity index (χ2v) is 8.98. The van der Waals surface area contributed by atoms with Crippen molar-refractivity contribution in [3.8, 4) is 28.7 Å². The number of amidine groups is 1. The zero-order valence-electron chi connectivity index (χ0n) is 22.6. The Morgan fingerprint density at radius 2 is 1.49 bits per heavy atom. The van der Waals surface area contributed by atoms with Gasteiger partial charge in [-0.25, -0.2) is 5.01 Å². The third-order valence-corrected chi connectivity index (χ3v) is 6.90. The number of rotatable bonds is 9. The van der Waals surface area contributed by atoms with Gasteiger partial charge in [0.25, 0.3) is 0 Å². The van der Waals surface area contributed by atoms with Gasteiger partial charge in [0.2, 0.25) is 11.5 Å². The monoisotopic (exact) mass is 529 g/mol. The van der Waals surface area contributed by atoms with Crippen molar-refractivity contribution < 1.29 is 28.5 Å². The predicted octanol–water partition coefficient (Wildman–Crippen LogP) is 4.70. The van der Waals surface area contributed by atoms with Crippen LogP contribution in [-0.4, -0.2) is 58.6 Å². The van der Waals surface area contributed by atoms with Gasteiger partial charge in [0, 0.05) is 12.1 Å². The molecule has 1 unspecified atom stereocenters. The molecular weight excluding hydrogens is 498 g/mol. The number of benzene rings is 3. The summed E-state index contributed by atoms with van der Waals surface area (Å²) in [6, 6.07) is 17.4. The molecule has 0 N–H and O–H groups in total. The van der Waals surface area contributed by atoms with E-state index in [9.17, 15) is 4.79 Å². The van der Waals surface area contributed by atoms with Crippen LogP contribution in [0.25, 0.3) is 6.08 Å². The normalized spacial score (nSPS) is 15.9. The van der Waals surface area contributed by atoms with E-state index in [-0.39, 0.29) is 11.9 Å². The molecule has 39 heavy (non-hydrogen) atoms. The summed E-state index contributed by atoms with van der Waals surface area (Å²) in [5.41, 5.74) is 3.76. The van der Waals surface area contributed by atoms with Crippen LogP contribution < -0.4 is 28.7 Å². The Kier molecular flexibility index (Phi) is 7.31. The summed E-state index contributed by atoms with van der Waals surface area (Å²) in [4.78, 5) is 15.6. The zero-order valence-corrected chi connectivity index (χ0v) is 22.6. The highest BCUT2D eigenvalue weighted by Gasteiger charge is 2.42. The lowest BCUT2D eigenvalue weighted by Gasteiger charge is -2.37. The number of hydrazone groups is 1. The number of anilines is 1. The number of methoxy groups -OCH3 is 5. The van der Waals surface area contributed by atoms with Gasteiger partial charge in [-0.2, -0.15) is 0 Å². The summed E-state index contributed by atoms with van der Waals surface area (Å²) in [6.45, 7) is 0.624. The quantitative estimate of drug-likeness (QED) is 0.369.